The first-order chi connectivity index (χ1) is 19.7. The number of benzene rings is 3. The SMILES string of the molecule is CC.Cc1ccc(NC(=O)C(C(C)c2ccccc2)N2C(=O)NC(c3ccc(OCC(O)CO)cc3)C2=O)c(Cl)c1. The molecule has 1 fully saturated rings. The van der Waals surface area contributed by atoms with Gasteiger partial charge in [0.05, 0.1) is 17.3 Å². The van der Waals surface area contributed by atoms with Gasteiger partial charge in [-0.05, 0) is 47.9 Å². The van der Waals surface area contributed by atoms with Crippen LogP contribution in [-0.4, -0.2) is 58.3 Å². The Bertz CT molecular complexity index is 1340. The minimum absolute atomic E-state index is 0.0954. The number of hydrogen-bond donors (Lipinski definition) is 4. The summed E-state index contributed by atoms with van der Waals surface area (Å²) in [6, 6.07) is 18.0. The summed E-state index contributed by atoms with van der Waals surface area (Å²) < 4.78 is 5.41. The first-order valence-corrected chi connectivity index (χ1v) is 13.8. The van der Waals surface area contributed by atoms with E-state index < -0.39 is 48.6 Å². The Hall–Kier alpha value is -3.92. The second-order valence-corrected chi connectivity index (χ2v) is 9.83. The molecule has 4 atom stereocenters. The Morgan fingerprint density at radius 3 is 2.34 bits per heavy atom. The highest BCUT2D eigenvalue weighted by Crippen LogP contribution is 2.32. The van der Waals surface area contributed by atoms with Gasteiger partial charge in [0.1, 0.15) is 30.5 Å². The summed E-state index contributed by atoms with van der Waals surface area (Å²) in [5, 5.41) is 24.2. The van der Waals surface area contributed by atoms with Crippen LogP contribution >= 0.6 is 11.6 Å². The molecule has 0 radical (unpaired) electrons. The van der Waals surface area contributed by atoms with Crippen LogP contribution in [0.5, 0.6) is 5.75 Å². The maximum Gasteiger partial charge on any atom is 0.325 e. The molecule has 4 N–H and O–H groups in total. The van der Waals surface area contributed by atoms with Gasteiger partial charge < -0.3 is 25.6 Å². The number of nitrogens with one attached hydrogen (secondary N) is 2. The molecule has 3 aromatic rings. The van der Waals surface area contributed by atoms with Gasteiger partial charge in [0.2, 0.25) is 5.91 Å². The van der Waals surface area contributed by atoms with E-state index in [1.807, 2.05) is 51.1 Å². The fourth-order valence-electron chi connectivity index (χ4n) is 4.42. The van der Waals surface area contributed by atoms with Crippen LogP contribution in [0.15, 0.2) is 72.8 Å². The van der Waals surface area contributed by atoms with Crippen molar-refractivity contribution in [3.05, 3.63) is 94.5 Å². The molecule has 0 spiro atoms. The highest BCUT2D eigenvalue weighted by molar-refractivity contribution is 6.33. The van der Waals surface area contributed by atoms with Crippen LogP contribution in [0, 0.1) is 6.92 Å². The molecule has 10 heteroatoms. The monoisotopic (exact) mass is 581 g/mol. The van der Waals surface area contributed by atoms with Gasteiger partial charge in [-0.1, -0.05) is 80.9 Å². The van der Waals surface area contributed by atoms with Crippen LogP contribution in [0.3, 0.4) is 0 Å². The van der Waals surface area contributed by atoms with Crippen LogP contribution in [0.25, 0.3) is 0 Å². The standard InChI is InChI=1S/C29H30ClN3O6.C2H6/c1-17-8-13-24(23(30)14-17)31-27(36)26(18(2)19-6-4-3-5-7-19)33-28(37)25(32-29(33)38)20-9-11-22(12-10-20)39-16-21(35)15-34;1-2/h3-14,18,21,25-26,34-35H,15-16H2,1-2H3,(H,31,36)(H,32,38);1-2H3. The van der Waals surface area contributed by atoms with Gasteiger partial charge in [0.15, 0.2) is 0 Å². The van der Waals surface area contributed by atoms with Crippen LogP contribution < -0.4 is 15.4 Å². The number of nitrogens with zero attached hydrogens (tertiary/aromatic N) is 1. The summed E-state index contributed by atoms with van der Waals surface area (Å²) in [7, 11) is 0. The molecule has 41 heavy (non-hydrogen) atoms. The van der Waals surface area contributed by atoms with Crippen molar-refractivity contribution in [1.29, 1.82) is 0 Å². The molecule has 1 aliphatic heterocycles. The van der Waals surface area contributed by atoms with Gasteiger partial charge in [0.25, 0.3) is 5.91 Å². The zero-order valence-corrected chi connectivity index (χ0v) is 24.3. The molecule has 1 aliphatic rings. The topological polar surface area (TPSA) is 128 Å². The Morgan fingerprint density at radius 2 is 1.73 bits per heavy atom. The van der Waals surface area contributed by atoms with Gasteiger partial charge >= 0.3 is 6.03 Å². The number of urea groups is 1. The molecule has 4 amide bonds. The van der Waals surface area contributed by atoms with E-state index in [-0.39, 0.29) is 6.61 Å². The van der Waals surface area contributed by atoms with Gasteiger partial charge in [0, 0.05) is 5.92 Å². The number of carbonyl (C=O) groups is 3. The number of halogens is 1. The minimum Gasteiger partial charge on any atom is -0.491 e. The van der Waals surface area contributed by atoms with E-state index in [0.29, 0.717) is 22.0 Å². The number of amides is 4. The molecule has 4 rings (SSSR count). The number of aryl methyl sites for hydroxylation is 1. The molecule has 0 aliphatic carbocycles. The number of ether oxygens (including phenoxy) is 1. The van der Waals surface area contributed by atoms with Crippen molar-refractivity contribution in [3.63, 3.8) is 0 Å². The van der Waals surface area contributed by atoms with E-state index in [4.69, 9.17) is 21.4 Å². The Balaban J connectivity index is 0.00000226. The van der Waals surface area contributed by atoms with Crippen LogP contribution in [0.1, 0.15) is 49.4 Å². The van der Waals surface area contributed by atoms with E-state index in [9.17, 15) is 19.5 Å². The molecule has 0 bridgehead atoms. The highest BCUT2D eigenvalue weighted by Gasteiger charge is 2.47. The van der Waals surface area contributed by atoms with Crippen molar-refractivity contribution in [2.75, 3.05) is 18.5 Å². The molecule has 9 nitrogen and oxygen atoms in total. The summed E-state index contributed by atoms with van der Waals surface area (Å²) in [6.45, 7) is 7.14. The summed E-state index contributed by atoms with van der Waals surface area (Å²) in [5.74, 6) is -1.22. The van der Waals surface area contributed by atoms with E-state index in [2.05, 4.69) is 10.6 Å². The third kappa shape index (κ3) is 7.64. The number of aliphatic hydroxyl groups excluding tert-OH is 2. The third-order valence-corrected chi connectivity index (χ3v) is 6.88. The van der Waals surface area contributed by atoms with Crippen molar-refractivity contribution in [1.82, 2.24) is 10.2 Å². The van der Waals surface area contributed by atoms with Crippen LogP contribution in [0.4, 0.5) is 10.5 Å². The van der Waals surface area contributed by atoms with E-state index in [0.717, 1.165) is 16.0 Å². The molecule has 0 saturated carbocycles. The Morgan fingerprint density at radius 1 is 1.07 bits per heavy atom. The van der Waals surface area contributed by atoms with Crippen LogP contribution in [0.2, 0.25) is 5.02 Å². The summed E-state index contributed by atoms with van der Waals surface area (Å²) in [5.41, 5.74) is 2.58. The first-order valence-electron chi connectivity index (χ1n) is 13.5. The minimum atomic E-state index is -1.16. The fraction of sp³-hybridized carbons (Fsp3) is 0.323. The summed E-state index contributed by atoms with van der Waals surface area (Å²) in [6.07, 6.45) is -1.02. The summed E-state index contributed by atoms with van der Waals surface area (Å²) in [4.78, 5) is 41.5. The van der Waals surface area contributed by atoms with E-state index in [1.165, 1.54) is 0 Å². The molecule has 1 heterocycles. The zero-order chi connectivity index (χ0) is 30.1. The lowest BCUT2D eigenvalue weighted by Crippen LogP contribution is -2.50. The molecular weight excluding hydrogens is 546 g/mol. The van der Waals surface area contributed by atoms with Gasteiger partial charge in [-0.15, -0.1) is 0 Å². The average Bonchev–Trinajstić information content (AvgIpc) is 3.28. The molecule has 0 aromatic heterocycles. The number of aliphatic hydroxyl groups is 2. The quantitative estimate of drug-likeness (QED) is 0.254. The van der Waals surface area contributed by atoms with Crippen LogP contribution in [-0.2, 0) is 9.59 Å². The Kier molecular flexibility index (Phi) is 11.3. The smallest absolute Gasteiger partial charge is 0.325 e. The van der Waals surface area contributed by atoms with Crippen molar-refractivity contribution >= 4 is 35.1 Å². The van der Waals surface area contributed by atoms with Gasteiger partial charge in [-0.3, -0.25) is 9.59 Å². The molecule has 4 unspecified atom stereocenters. The number of anilines is 1. The van der Waals surface area contributed by atoms with Crippen molar-refractivity contribution < 1.29 is 29.3 Å². The van der Waals surface area contributed by atoms with E-state index in [1.54, 1.807) is 49.4 Å². The second-order valence-electron chi connectivity index (χ2n) is 9.42. The highest BCUT2D eigenvalue weighted by atomic mass is 35.5. The fourth-order valence-corrected chi connectivity index (χ4v) is 4.70. The first kappa shape index (κ1) is 31.6. The second kappa shape index (κ2) is 14.6. The molecule has 218 valence electrons. The molecular formula is C31H36ClN3O6. The molecule has 3 aromatic carbocycles. The number of carbonyl (C=O) groups excluding carboxylic acids is 3. The lowest BCUT2D eigenvalue weighted by atomic mass is 9.91. The van der Waals surface area contributed by atoms with Gasteiger partial charge in [-0.25, -0.2) is 9.69 Å². The predicted molar refractivity (Wildman–Crippen MR) is 158 cm³/mol. The van der Waals surface area contributed by atoms with Crippen molar-refractivity contribution in [2.45, 2.75) is 51.8 Å². The maximum atomic E-state index is 13.7. The lowest BCUT2D eigenvalue weighted by molar-refractivity contribution is -0.134. The number of rotatable bonds is 10. The van der Waals surface area contributed by atoms with E-state index >= 15 is 0 Å². The average molecular weight is 582 g/mol. The summed E-state index contributed by atoms with van der Waals surface area (Å²) >= 11 is 6.34. The predicted octanol–water partition coefficient (Wildman–Crippen LogP) is 4.81. The number of hydrogen-bond acceptors (Lipinski definition) is 6. The lowest BCUT2D eigenvalue weighted by Gasteiger charge is -2.30. The largest absolute Gasteiger partial charge is 0.491 e. The van der Waals surface area contributed by atoms with Crippen molar-refractivity contribution in [3.8, 4) is 5.75 Å². The number of imide groups is 1. The Labute approximate surface area is 245 Å². The zero-order valence-electron chi connectivity index (χ0n) is 23.5. The van der Waals surface area contributed by atoms with Gasteiger partial charge in [-0.2, -0.15) is 0 Å². The normalized spacial score (nSPS) is 16.7. The van der Waals surface area contributed by atoms with Crippen molar-refractivity contribution in [2.24, 2.45) is 0 Å². The third-order valence-electron chi connectivity index (χ3n) is 6.57. The maximum absolute atomic E-state index is 13.7. The molecule has 1 saturated heterocycles.